The quantitative estimate of drug-likeness (QED) is 0.668. The van der Waals surface area contributed by atoms with E-state index in [1.165, 1.54) is 25.6 Å². The number of rotatable bonds is 2. The normalized spacial score (nSPS) is 12.5. The van der Waals surface area contributed by atoms with Crippen LogP contribution in [-0.4, -0.2) is 20.9 Å². The van der Waals surface area contributed by atoms with Gasteiger partial charge in [0.15, 0.2) is 11.1 Å². The fourth-order valence-corrected chi connectivity index (χ4v) is 1.14. The van der Waals surface area contributed by atoms with Crippen LogP contribution < -0.4 is 4.74 Å². The van der Waals surface area contributed by atoms with Gasteiger partial charge in [-0.05, 0) is 6.07 Å². The molecule has 0 aliphatic rings. The standard InChI is InChI=1S/C6H7NO3S/c1-10-5-2-3-7-4-6(5)11(8)9/h2-4H,1H3,(H,8,9). The van der Waals surface area contributed by atoms with Gasteiger partial charge in [-0.1, -0.05) is 0 Å². The maximum Gasteiger partial charge on any atom is 0.191 e. The smallest absolute Gasteiger partial charge is 0.191 e. The molecule has 1 atom stereocenters. The van der Waals surface area contributed by atoms with Crippen molar-refractivity contribution >= 4 is 11.1 Å². The van der Waals surface area contributed by atoms with Gasteiger partial charge in [0, 0.05) is 12.4 Å². The third kappa shape index (κ3) is 1.75. The summed E-state index contributed by atoms with van der Waals surface area (Å²) in [5, 5.41) is 0. The average molecular weight is 173 g/mol. The zero-order valence-electron chi connectivity index (χ0n) is 5.85. The molecule has 1 aromatic heterocycles. The summed E-state index contributed by atoms with van der Waals surface area (Å²) in [6.07, 6.45) is 2.80. The van der Waals surface area contributed by atoms with Crippen LogP contribution in [0.1, 0.15) is 0 Å². The lowest BCUT2D eigenvalue weighted by atomic mass is 10.4. The van der Waals surface area contributed by atoms with Crippen LogP contribution in [-0.2, 0) is 11.1 Å². The summed E-state index contributed by atoms with van der Waals surface area (Å²) in [6, 6.07) is 1.53. The lowest BCUT2D eigenvalue weighted by Gasteiger charge is -2.01. The van der Waals surface area contributed by atoms with E-state index in [0.717, 1.165) is 0 Å². The highest BCUT2D eigenvalue weighted by atomic mass is 32.2. The molecule has 0 fully saturated rings. The first-order valence-corrected chi connectivity index (χ1v) is 3.95. The molecule has 0 amide bonds. The topological polar surface area (TPSA) is 59.4 Å². The SMILES string of the molecule is COc1ccncc1S(=O)O. The summed E-state index contributed by atoms with van der Waals surface area (Å²) in [5.41, 5.74) is 0. The molecule has 1 rings (SSSR count). The van der Waals surface area contributed by atoms with E-state index in [2.05, 4.69) is 4.98 Å². The van der Waals surface area contributed by atoms with Gasteiger partial charge in [-0.3, -0.25) is 4.98 Å². The molecule has 0 spiro atoms. The molecule has 0 saturated heterocycles. The van der Waals surface area contributed by atoms with Crippen LogP contribution in [0.15, 0.2) is 23.4 Å². The number of ether oxygens (including phenoxy) is 1. The fraction of sp³-hybridized carbons (Fsp3) is 0.167. The average Bonchev–Trinajstić information content (AvgIpc) is 2.04. The summed E-state index contributed by atoms with van der Waals surface area (Å²) < 4.78 is 24.1. The molecule has 11 heavy (non-hydrogen) atoms. The molecule has 60 valence electrons. The van der Waals surface area contributed by atoms with Crippen LogP contribution in [0.3, 0.4) is 0 Å². The number of pyridine rings is 1. The Morgan fingerprint density at radius 1 is 1.73 bits per heavy atom. The summed E-state index contributed by atoms with van der Waals surface area (Å²) in [5.74, 6) is 0.376. The molecule has 1 unspecified atom stereocenters. The first kappa shape index (κ1) is 8.16. The van der Waals surface area contributed by atoms with Crippen molar-refractivity contribution in [3.8, 4) is 5.75 Å². The van der Waals surface area contributed by atoms with Crippen LogP contribution in [0, 0.1) is 0 Å². The Morgan fingerprint density at radius 3 is 2.91 bits per heavy atom. The van der Waals surface area contributed by atoms with E-state index >= 15 is 0 Å². The Labute approximate surface area is 66.5 Å². The Bertz CT molecular complexity index is 276. The van der Waals surface area contributed by atoms with Gasteiger partial charge in [0.1, 0.15) is 10.6 Å². The molecule has 0 saturated carbocycles. The van der Waals surface area contributed by atoms with Crippen molar-refractivity contribution in [3.63, 3.8) is 0 Å². The Kier molecular flexibility index (Phi) is 2.56. The van der Waals surface area contributed by atoms with Gasteiger partial charge < -0.3 is 9.29 Å². The van der Waals surface area contributed by atoms with Crippen LogP contribution in [0.5, 0.6) is 5.75 Å². The van der Waals surface area contributed by atoms with Gasteiger partial charge in [0.25, 0.3) is 0 Å². The number of aromatic nitrogens is 1. The van der Waals surface area contributed by atoms with Crippen molar-refractivity contribution in [3.05, 3.63) is 18.5 Å². The van der Waals surface area contributed by atoms with Crippen LogP contribution in [0.2, 0.25) is 0 Å². The lowest BCUT2D eigenvalue weighted by Crippen LogP contribution is -1.94. The third-order valence-electron chi connectivity index (χ3n) is 1.15. The van der Waals surface area contributed by atoms with E-state index in [-0.39, 0.29) is 4.90 Å². The zero-order valence-corrected chi connectivity index (χ0v) is 6.67. The van der Waals surface area contributed by atoms with Crippen molar-refractivity contribution in [2.75, 3.05) is 7.11 Å². The summed E-state index contributed by atoms with van der Waals surface area (Å²) in [6.45, 7) is 0. The highest BCUT2D eigenvalue weighted by molar-refractivity contribution is 7.79. The van der Waals surface area contributed by atoms with Crippen LogP contribution in [0.4, 0.5) is 0 Å². The van der Waals surface area contributed by atoms with E-state index in [4.69, 9.17) is 9.29 Å². The van der Waals surface area contributed by atoms with Crippen LogP contribution >= 0.6 is 0 Å². The molecule has 1 heterocycles. The van der Waals surface area contributed by atoms with Gasteiger partial charge in [-0.15, -0.1) is 0 Å². The monoisotopic (exact) mass is 173 g/mol. The Morgan fingerprint density at radius 2 is 2.45 bits per heavy atom. The largest absolute Gasteiger partial charge is 0.495 e. The third-order valence-corrected chi connectivity index (χ3v) is 1.84. The number of methoxy groups -OCH3 is 1. The van der Waals surface area contributed by atoms with Gasteiger partial charge in [-0.2, -0.15) is 0 Å². The molecular weight excluding hydrogens is 166 g/mol. The molecule has 1 aromatic rings. The first-order valence-electron chi connectivity index (χ1n) is 2.84. The van der Waals surface area contributed by atoms with Crippen molar-refractivity contribution in [2.45, 2.75) is 4.90 Å². The molecule has 0 radical (unpaired) electrons. The van der Waals surface area contributed by atoms with E-state index in [0.29, 0.717) is 5.75 Å². The Balaban J connectivity index is 3.12. The van der Waals surface area contributed by atoms with Gasteiger partial charge in [-0.25, -0.2) is 4.21 Å². The van der Waals surface area contributed by atoms with E-state index in [9.17, 15) is 4.21 Å². The van der Waals surface area contributed by atoms with Gasteiger partial charge in [0.2, 0.25) is 0 Å². The molecule has 0 aliphatic heterocycles. The maximum absolute atomic E-state index is 10.6. The molecule has 5 heteroatoms. The minimum absolute atomic E-state index is 0.190. The molecule has 1 N–H and O–H groups in total. The van der Waals surface area contributed by atoms with E-state index in [1.807, 2.05) is 0 Å². The second-order valence-electron chi connectivity index (χ2n) is 1.78. The van der Waals surface area contributed by atoms with Crippen LogP contribution in [0.25, 0.3) is 0 Å². The molecule has 0 aliphatic carbocycles. The minimum atomic E-state index is -2.03. The lowest BCUT2D eigenvalue weighted by molar-refractivity contribution is 0.401. The second-order valence-corrected chi connectivity index (χ2v) is 2.71. The molecular formula is C6H7NO3S. The van der Waals surface area contributed by atoms with Gasteiger partial charge >= 0.3 is 0 Å². The fourth-order valence-electron chi connectivity index (χ4n) is 0.667. The van der Waals surface area contributed by atoms with E-state index < -0.39 is 11.1 Å². The predicted molar refractivity (Wildman–Crippen MR) is 39.8 cm³/mol. The van der Waals surface area contributed by atoms with Gasteiger partial charge in [0.05, 0.1) is 7.11 Å². The van der Waals surface area contributed by atoms with Crippen molar-refractivity contribution in [1.29, 1.82) is 0 Å². The second kappa shape index (κ2) is 3.45. The predicted octanol–water partition coefficient (Wildman–Crippen LogP) is 0.671. The Hall–Kier alpha value is -0.940. The molecule has 0 aromatic carbocycles. The summed E-state index contributed by atoms with van der Waals surface area (Å²) >= 11 is -2.03. The summed E-state index contributed by atoms with van der Waals surface area (Å²) in [7, 11) is 1.44. The molecule has 0 bridgehead atoms. The highest BCUT2D eigenvalue weighted by Gasteiger charge is 2.06. The summed E-state index contributed by atoms with van der Waals surface area (Å²) in [4.78, 5) is 3.87. The van der Waals surface area contributed by atoms with Crippen molar-refractivity contribution in [2.24, 2.45) is 0 Å². The zero-order chi connectivity index (χ0) is 8.27. The highest BCUT2D eigenvalue weighted by Crippen LogP contribution is 2.18. The maximum atomic E-state index is 10.6. The van der Waals surface area contributed by atoms with Crippen molar-refractivity contribution in [1.82, 2.24) is 4.98 Å². The first-order chi connectivity index (χ1) is 5.25. The molecule has 4 nitrogen and oxygen atoms in total. The van der Waals surface area contributed by atoms with E-state index in [1.54, 1.807) is 0 Å². The number of hydrogen-bond donors (Lipinski definition) is 1. The number of hydrogen-bond acceptors (Lipinski definition) is 3. The minimum Gasteiger partial charge on any atom is -0.495 e. The number of nitrogens with zero attached hydrogens (tertiary/aromatic N) is 1. The van der Waals surface area contributed by atoms with Crippen molar-refractivity contribution < 1.29 is 13.5 Å².